The number of methoxy groups -OCH3 is 1. The Morgan fingerprint density at radius 1 is 1.35 bits per heavy atom. The Morgan fingerprint density at radius 2 is 1.88 bits per heavy atom. The van der Waals surface area contributed by atoms with Gasteiger partial charge in [-0.15, -0.1) is 0 Å². The molecule has 0 amide bonds. The lowest BCUT2D eigenvalue weighted by atomic mass is 10.0. The molecule has 0 radical (unpaired) electrons. The number of nitrogens with two attached hydrogens (primary N) is 1. The average Bonchev–Trinajstić information content (AvgIpc) is 2.28. The maximum absolute atomic E-state index is 11.4. The van der Waals surface area contributed by atoms with E-state index in [0.717, 1.165) is 6.26 Å². The molecule has 2 atom stereocenters. The monoisotopic (exact) mass is 259 g/mol. The van der Waals surface area contributed by atoms with Crippen LogP contribution in [-0.2, 0) is 9.84 Å². The standard InChI is InChI=1S/C11H17NO4S/c1-16-9-5-3-8(4-6-9)11(12)10(7-13)17(2,14)15/h3-6,10-11,13H,7,12H2,1-2H3/t10-,11-/m1/s1. The van der Waals surface area contributed by atoms with Crippen LogP contribution in [0, 0.1) is 0 Å². The van der Waals surface area contributed by atoms with Crippen LogP contribution in [0.1, 0.15) is 11.6 Å². The van der Waals surface area contributed by atoms with Gasteiger partial charge in [0.2, 0.25) is 0 Å². The van der Waals surface area contributed by atoms with Crippen molar-refractivity contribution in [1.29, 1.82) is 0 Å². The highest BCUT2D eigenvalue weighted by Gasteiger charge is 2.28. The van der Waals surface area contributed by atoms with Crippen LogP contribution < -0.4 is 10.5 Å². The summed E-state index contributed by atoms with van der Waals surface area (Å²) in [5.41, 5.74) is 6.50. The first-order chi connectivity index (χ1) is 7.90. The van der Waals surface area contributed by atoms with Gasteiger partial charge in [0.05, 0.1) is 13.7 Å². The van der Waals surface area contributed by atoms with Crippen LogP contribution in [0.4, 0.5) is 0 Å². The number of sulfone groups is 1. The summed E-state index contributed by atoms with van der Waals surface area (Å²) in [5, 5.41) is 8.12. The predicted molar refractivity (Wildman–Crippen MR) is 65.6 cm³/mol. The van der Waals surface area contributed by atoms with Gasteiger partial charge in [0.1, 0.15) is 11.0 Å². The molecular formula is C11H17NO4S. The summed E-state index contributed by atoms with van der Waals surface area (Å²) >= 11 is 0. The first-order valence-electron chi connectivity index (χ1n) is 5.09. The topological polar surface area (TPSA) is 89.6 Å². The highest BCUT2D eigenvalue weighted by atomic mass is 32.2. The summed E-state index contributed by atoms with van der Waals surface area (Å²) in [6.07, 6.45) is 1.07. The summed E-state index contributed by atoms with van der Waals surface area (Å²) in [4.78, 5) is 0. The van der Waals surface area contributed by atoms with Gasteiger partial charge in [-0.3, -0.25) is 0 Å². The smallest absolute Gasteiger partial charge is 0.154 e. The van der Waals surface area contributed by atoms with E-state index in [4.69, 9.17) is 15.6 Å². The molecule has 0 bridgehead atoms. The van der Waals surface area contributed by atoms with Crippen molar-refractivity contribution in [2.45, 2.75) is 11.3 Å². The zero-order valence-electron chi connectivity index (χ0n) is 9.83. The molecule has 0 saturated carbocycles. The Bertz CT molecular complexity index is 455. The molecule has 0 aliphatic heterocycles. The molecule has 0 heterocycles. The molecule has 0 saturated heterocycles. The SMILES string of the molecule is COc1ccc([C@@H](N)[C@@H](CO)S(C)(=O)=O)cc1. The van der Waals surface area contributed by atoms with Crippen LogP contribution in [0.5, 0.6) is 5.75 Å². The molecule has 5 nitrogen and oxygen atoms in total. The van der Waals surface area contributed by atoms with Crippen molar-refractivity contribution in [1.82, 2.24) is 0 Å². The Morgan fingerprint density at radius 3 is 2.24 bits per heavy atom. The number of aliphatic hydroxyl groups is 1. The highest BCUT2D eigenvalue weighted by molar-refractivity contribution is 7.91. The fourth-order valence-electron chi connectivity index (χ4n) is 1.56. The van der Waals surface area contributed by atoms with Crippen LogP contribution in [0.2, 0.25) is 0 Å². The van der Waals surface area contributed by atoms with E-state index in [0.29, 0.717) is 11.3 Å². The number of hydrogen-bond donors (Lipinski definition) is 2. The van der Waals surface area contributed by atoms with E-state index in [9.17, 15) is 8.42 Å². The molecule has 0 fully saturated rings. The van der Waals surface area contributed by atoms with E-state index in [1.807, 2.05) is 0 Å². The molecule has 1 aromatic carbocycles. The molecule has 0 aromatic heterocycles. The van der Waals surface area contributed by atoms with Crippen LogP contribution in [-0.4, -0.2) is 38.7 Å². The van der Waals surface area contributed by atoms with Gasteiger partial charge >= 0.3 is 0 Å². The quantitative estimate of drug-likeness (QED) is 0.783. The number of hydrogen-bond acceptors (Lipinski definition) is 5. The fourth-order valence-corrected chi connectivity index (χ4v) is 2.52. The Balaban J connectivity index is 2.98. The van der Waals surface area contributed by atoms with Gasteiger partial charge in [0.15, 0.2) is 9.84 Å². The Labute approximate surface area is 101 Å². The summed E-state index contributed by atoms with van der Waals surface area (Å²) in [5.74, 6) is 0.667. The van der Waals surface area contributed by atoms with Gasteiger partial charge in [-0.05, 0) is 17.7 Å². The van der Waals surface area contributed by atoms with Gasteiger partial charge in [-0.25, -0.2) is 8.42 Å². The Kier molecular flexibility index (Phi) is 4.50. The van der Waals surface area contributed by atoms with Crippen LogP contribution in [0.3, 0.4) is 0 Å². The summed E-state index contributed by atoms with van der Waals surface area (Å²) in [7, 11) is -1.84. The molecule has 0 aliphatic carbocycles. The molecule has 1 aromatic rings. The van der Waals surface area contributed by atoms with Crippen molar-refractivity contribution in [3.05, 3.63) is 29.8 Å². The molecule has 0 unspecified atom stereocenters. The second-order valence-corrected chi connectivity index (χ2v) is 6.11. The zero-order valence-corrected chi connectivity index (χ0v) is 10.6. The molecular weight excluding hydrogens is 242 g/mol. The third kappa shape index (κ3) is 3.42. The second-order valence-electron chi connectivity index (χ2n) is 3.85. The second kappa shape index (κ2) is 5.48. The normalized spacial score (nSPS) is 15.3. The number of aliphatic hydroxyl groups excluding tert-OH is 1. The van der Waals surface area contributed by atoms with Gasteiger partial charge in [-0.1, -0.05) is 12.1 Å². The molecule has 0 aliphatic rings. The summed E-state index contributed by atoms with van der Waals surface area (Å²) in [6.45, 7) is -0.494. The van der Waals surface area contributed by atoms with Crippen molar-refractivity contribution >= 4 is 9.84 Å². The molecule has 96 valence electrons. The lowest BCUT2D eigenvalue weighted by molar-refractivity contribution is 0.278. The van der Waals surface area contributed by atoms with E-state index in [2.05, 4.69) is 0 Å². The van der Waals surface area contributed by atoms with Crippen molar-refractivity contribution in [3.63, 3.8) is 0 Å². The maximum Gasteiger partial charge on any atom is 0.154 e. The van der Waals surface area contributed by atoms with Gasteiger partial charge in [0.25, 0.3) is 0 Å². The van der Waals surface area contributed by atoms with Crippen molar-refractivity contribution in [3.8, 4) is 5.75 Å². The number of benzene rings is 1. The molecule has 17 heavy (non-hydrogen) atoms. The van der Waals surface area contributed by atoms with Crippen molar-refractivity contribution < 1.29 is 18.3 Å². The third-order valence-electron chi connectivity index (χ3n) is 2.63. The van der Waals surface area contributed by atoms with E-state index < -0.39 is 27.7 Å². The first kappa shape index (κ1) is 14.0. The third-order valence-corrected chi connectivity index (χ3v) is 4.17. The first-order valence-corrected chi connectivity index (χ1v) is 7.05. The highest BCUT2D eigenvalue weighted by Crippen LogP contribution is 2.21. The molecule has 1 rings (SSSR count). The average molecular weight is 259 g/mol. The van der Waals surface area contributed by atoms with Crippen molar-refractivity contribution in [2.75, 3.05) is 20.0 Å². The zero-order chi connectivity index (χ0) is 13.1. The van der Waals surface area contributed by atoms with E-state index in [-0.39, 0.29) is 0 Å². The van der Waals surface area contributed by atoms with Gasteiger partial charge in [-0.2, -0.15) is 0 Å². The minimum absolute atomic E-state index is 0.494. The summed E-state index contributed by atoms with van der Waals surface area (Å²) < 4.78 is 27.9. The van der Waals surface area contributed by atoms with Crippen molar-refractivity contribution in [2.24, 2.45) is 5.73 Å². The molecule has 0 spiro atoms. The Hall–Kier alpha value is -1.11. The van der Waals surface area contributed by atoms with Gasteiger partial charge in [0, 0.05) is 12.3 Å². The maximum atomic E-state index is 11.4. The van der Waals surface area contributed by atoms with Gasteiger partial charge < -0.3 is 15.6 Å². The summed E-state index contributed by atoms with van der Waals surface area (Å²) in [6, 6.07) is 6.04. The minimum atomic E-state index is -3.38. The van der Waals surface area contributed by atoms with E-state index in [1.54, 1.807) is 31.4 Å². The largest absolute Gasteiger partial charge is 0.497 e. The number of ether oxygens (including phenoxy) is 1. The van der Waals surface area contributed by atoms with Crippen LogP contribution in [0.25, 0.3) is 0 Å². The minimum Gasteiger partial charge on any atom is -0.497 e. The molecule has 3 N–H and O–H groups in total. The van der Waals surface area contributed by atoms with Crippen LogP contribution >= 0.6 is 0 Å². The number of rotatable bonds is 5. The lowest BCUT2D eigenvalue weighted by Gasteiger charge is -2.20. The molecule has 6 heteroatoms. The predicted octanol–water partition coefficient (Wildman–Crippen LogP) is 0.100. The fraction of sp³-hybridized carbons (Fsp3) is 0.455. The van der Waals surface area contributed by atoms with E-state index in [1.165, 1.54) is 0 Å². The van der Waals surface area contributed by atoms with Crippen LogP contribution in [0.15, 0.2) is 24.3 Å². The van der Waals surface area contributed by atoms with E-state index >= 15 is 0 Å². The lowest BCUT2D eigenvalue weighted by Crippen LogP contribution is -2.36.